The first-order valence-electron chi connectivity index (χ1n) is 24.3. The van der Waals surface area contributed by atoms with E-state index >= 15 is 4.39 Å². The normalized spacial score (nSPS) is 24.2. The fourth-order valence-electron chi connectivity index (χ4n) is 11.9. The molecule has 4 saturated heterocycles. The van der Waals surface area contributed by atoms with Gasteiger partial charge in [-0.1, -0.05) is 19.1 Å². The van der Waals surface area contributed by atoms with Gasteiger partial charge in [-0.05, 0) is 80.0 Å². The van der Waals surface area contributed by atoms with Gasteiger partial charge in [0.25, 0.3) is 11.5 Å². The van der Waals surface area contributed by atoms with Gasteiger partial charge in [0.15, 0.2) is 11.5 Å². The Bertz CT molecular complexity index is 3020. The Morgan fingerprint density at radius 1 is 0.913 bits per heavy atom. The Kier molecular flexibility index (Phi) is 10.6. The molecular weight excluding hydrogens is 884 g/mol. The van der Waals surface area contributed by atoms with Gasteiger partial charge in [0, 0.05) is 94.4 Å². The minimum absolute atomic E-state index is 0.174. The molecule has 4 fully saturated rings. The van der Waals surface area contributed by atoms with Crippen molar-refractivity contribution in [2.24, 2.45) is 0 Å². The van der Waals surface area contributed by atoms with Gasteiger partial charge >= 0.3 is 0 Å². The van der Waals surface area contributed by atoms with E-state index in [0.717, 1.165) is 74.7 Å². The van der Waals surface area contributed by atoms with Gasteiger partial charge in [-0.3, -0.25) is 34.3 Å². The number of halogens is 1. The second kappa shape index (κ2) is 16.8. The zero-order valence-corrected chi connectivity index (χ0v) is 38.6. The van der Waals surface area contributed by atoms with Crippen molar-refractivity contribution < 1.29 is 28.6 Å². The summed E-state index contributed by atoms with van der Waals surface area (Å²) in [7, 11) is 0. The van der Waals surface area contributed by atoms with Crippen LogP contribution < -0.4 is 30.7 Å². The van der Waals surface area contributed by atoms with Crippen molar-refractivity contribution in [3.05, 3.63) is 99.9 Å². The SMILES string of the molecule is C=CCn1c(=O)c2cnc(Nc3ccc4c(c3)OC[C@H]3CN(C5CCN(C6CN(c7cc8c(cc7F)C(=O)N(C7CCC(=O)NC7=O)C8)C6)CC5)CCN43)nc2n1-c1ccc2c(n1)[C@@](O)(CC)CC2. The predicted molar refractivity (Wildman–Crippen MR) is 255 cm³/mol. The van der Waals surface area contributed by atoms with E-state index in [2.05, 4.69) is 43.0 Å². The smallest absolute Gasteiger partial charge is 0.278 e. The molecule has 0 bridgehead atoms. The number of benzene rings is 2. The number of amides is 3. The maximum atomic E-state index is 15.5. The zero-order chi connectivity index (χ0) is 47.3. The summed E-state index contributed by atoms with van der Waals surface area (Å²) < 4.78 is 25.2. The molecule has 3 aromatic heterocycles. The third-order valence-electron chi connectivity index (χ3n) is 15.8. The van der Waals surface area contributed by atoms with Gasteiger partial charge in [-0.15, -0.1) is 6.58 Å². The molecule has 0 radical (unpaired) electrons. The Morgan fingerprint density at radius 2 is 1.75 bits per heavy atom. The molecular formula is C50H55FN12O6. The van der Waals surface area contributed by atoms with Crippen LogP contribution in [0.25, 0.3) is 16.9 Å². The lowest BCUT2D eigenvalue weighted by Gasteiger charge is -2.51. The van der Waals surface area contributed by atoms with Gasteiger partial charge < -0.3 is 29.9 Å². The molecule has 0 saturated carbocycles. The number of pyridine rings is 1. The van der Waals surface area contributed by atoms with Crippen LogP contribution in [0.2, 0.25) is 0 Å². The van der Waals surface area contributed by atoms with Crippen LogP contribution in [0, 0.1) is 5.82 Å². The van der Waals surface area contributed by atoms with Crippen molar-refractivity contribution in [2.45, 2.75) is 94.7 Å². The number of hydrogen-bond donors (Lipinski definition) is 3. The van der Waals surface area contributed by atoms with E-state index in [1.807, 2.05) is 36.1 Å². The van der Waals surface area contributed by atoms with E-state index in [4.69, 9.17) is 14.7 Å². The fourth-order valence-corrected chi connectivity index (χ4v) is 11.9. The van der Waals surface area contributed by atoms with Crippen LogP contribution in [0.4, 0.5) is 27.4 Å². The molecule has 1 aliphatic carbocycles. The predicted octanol–water partition coefficient (Wildman–Crippen LogP) is 3.59. The number of carbonyl (C=O) groups excluding carboxylic acids is 3. The van der Waals surface area contributed by atoms with E-state index < -0.39 is 23.4 Å². The molecule has 3 atom stereocenters. The molecule has 7 aliphatic rings. The lowest BCUT2D eigenvalue weighted by molar-refractivity contribution is -0.136. The molecule has 18 nitrogen and oxygen atoms in total. The van der Waals surface area contributed by atoms with Crippen molar-refractivity contribution in [2.75, 3.05) is 67.5 Å². The number of fused-ring (bicyclic) bond motifs is 6. The summed E-state index contributed by atoms with van der Waals surface area (Å²) in [6, 6.07) is 13.3. The van der Waals surface area contributed by atoms with Gasteiger partial charge in [0.1, 0.15) is 35.2 Å². The molecule has 6 aliphatic heterocycles. The molecule has 9 heterocycles. The maximum absolute atomic E-state index is 15.5. The summed E-state index contributed by atoms with van der Waals surface area (Å²) in [4.78, 5) is 76.4. The molecule has 1 unspecified atom stereocenters. The minimum atomic E-state index is -1.01. The number of nitrogens with zero attached hydrogens (tertiary/aromatic N) is 10. The number of piperazine rings is 1. The largest absolute Gasteiger partial charge is 0.489 e. The van der Waals surface area contributed by atoms with Crippen molar-refractivity contribution in [1.29, 1.82) is 0 Å². The summed E-state index contributed by atoms with van der Waals surface area (Å²) in [5.41, 5.74) is 4.07. The number of piperidine rings is 2. The molecule has 2 aromatic carbocycles. The van der Waals surface area contributed by atoms with Crippen LogP contribution >= 0.6 is 0 Å². The first kappa shape index (κ1) is 43.6. The zero-order valence-electron chi connectivity index (χ0n) is 38.6. The molecule has 19 heteroatoms. The van der Waals surface area contributed by atoms with Crippen molar-refractivity contribution in [3.8, 4) is 11.6 Å². The summed E-state index contributed by atoms with van der Waals surface area (Å²) in [5, 5.41) is 17.3. The number of likely N-dealkylation sites (tertiary alicyclic amines) is 1. The van der Waals surface area contributed by atoms with Gasteiger partial charge in [-0.25, -0.2) is 23.7 Å². The Labute approximate surface area is 397 Å². The molecule has 3 amide bonds. The van der Waals surface area contributed by atoms with Gasteiger partial charge in [0.05, 0.1) is 29.7 Å². The second-order valence-electron chi connectivity index (χ2n) is 19.6. The summed E-state index contributed by atoms with van der Waals surface area (Å²) in [5.74, 6) is -0.0235. The minimum Gasteiger partial charge on any atom is -0.489 e. The van der Waals surface area contributed by atoms with E-state index in [9.17, 15) is 24.3 Å². The van der Waals surface area contributed by atoms with Crippen LogP contribution in [0.15, 0.2) is 66.1 Å². The number of rotatable bonds is 10. The van der Waals surface area contributed by atoms with Crippen molar-refractivity contribution in [1.82, 2.24) is 44.3 Å². The molecule has 0 spiro atoms. The number of nitrogens with one attached hydrogen (secondary N) is 2. The highest BCUT2D eigenvalue weighted by atomic mass is 19.1. The molecule has 358 valence electrons. The van der Waals surface area contributed by atoms with E-state index in [0.29, 0.717) is 84.4 Å². The van der Waals surface area contributed by atoms with Crippen LogP contribution in [0.3, 0.4) is 0 Å². The monoisotopic (exact) mass is 938 g/mol. The Hall–Kier alpha value is -6.70. The summed E-state index contributed by atoms with van der Waals surface area (Å²) in [6.45, 7) is 13.0. The highest BCUT2D eigenvalue weighted by Crippen LogP contribution is 2.41. The maximum Gasteiger partial charge on any atom is 0.278 e. The topological polar surface area (TPSA) is 187 Å². The van der Waals surface area contributed by atoms with Crippen LogP contribution in [-0.2, 0) is 34.7 Å². The quantitative estimate of drug-likeness (QED) is 0.136. The lowest BCUT2D eigenvalue weighted by atomic mass is 9.96. The fraction of sp³-hybridized carbons (Fsp3) is 0.460. The van der Waals surface area contributed by atoms with Gasteiger partial charge in [0.2, 0.25) is 17.8 Å². The molecule has 5 aromatic rings. The van der Waals surface area contributed by atoms with E-state index in [-0.39, 0.29) is 54.9 Å². The lowest BCUT2D eigenvalue weighted by Crippen LogP contribution is -2.64. The number of carbonyl (C=O) groups is 3. The summed E-state index contributed by atoms with van der Waals surface area (Å²) >= 11 is 0. The first-order chi connectivity index (χ1) is 33.5. The number of anilines is 4. The highest BCUT2D eigenvalue weighted by Gasteiger charge is 2.43. The van der Waals surface area contributed by atoms with Crippen LogP contribution in [0.1, 0.15) is 72.6 Å². The van der Waals surface area contributed by atoms with Crippen molar-refractivity contribution >= 4 is 51.8 Å². The average Bonchev–Trinajstić information content (AvgIpc) is 3.95. The Balaban J connectivity index is 0.662. The third-order valence-corrected chi connectivity index (χ3v) is 15.8. The van der Waals surface area contributed by atoms with E-state index in [1.54, 1.807) is 16.8 Å². The number of ether oxygens (including phenoxy) is 1. The highest BCUT2D eigenvalue weighted by molar-refractivity contribution is 6.05. The second-order valence-corrected chi connectivity index (χ2v) is 19.6. The number of aliphatic hydroxyl groups is 1. The van der Waals surface area contributed by atoms with Crippen molar-refractivity contribution in [3.63, 3.8) is 0 Å². The van der Waals surface area contributed by atoms with Crippen LogP contribution in [-0.4, -0.2) is 138 Å². The summed E-state index contributed by atoms with van der Waals surface area (Å²) in [6.07, 6.45) is 7.66. The van der Waals surface area contributed by atoms with Gasteiger partial charge in [-0.2, -0.15) is 4.98 Å². The average molecular weight is 939 g/mol. The standard InChI is InChI=1S/C50H55FN12O6/c1-3-15-62-48(67)36-23-52-49(56-45(36)63(62)42-9-5-29-11-14-50(68,4-2)44(29)54-42)53-31-6-7-38-41(21-31)69-28-34-27-58(18-19-60(34)38)32-12-16-57(17-13-32)33-25-59(26-33)40-20-30-24-61(47(66)35(30)22-37(40)51)39-8-10-43(64)55-46(39)65/h3,5-7,9,20-23,32-34,39,68H,1,4,8,10-19,24-28H2,2H3,(H,52,53,56)(H,55,64,65)/t34-,39?,50-/m1/s1. The van der Waals surface area contributed by atoms with E-state index in [1.165, 1.54) is 21.8 Å². The third kappa shape index (κ3) is 7.35. The molecule has 12 rings (SSSR count). The Morgan fingerprint density at radius 3 is 2.55 bits per heavy atom. The number of hydrogen-bond acceptors (Lipinski definition) is 14. The molecule has 69 heavy (non-hydrogen) atoms. The number of imide groups is 1. The molecule has 3 N–H and O–H groups in total. The number of aromatic nitrogens is 5. The number of aryl methyl sites for hydroxylation is 1. The van der Waals surface area contributed by atoms with Crippen LogP contribution in [0.5, 0.6) is 5.75 Å². The number of allylic oxidation sites excluding steroid dienone is 1. The first-order valence-corrected chi connectivity index (χ1v) is 24.3.